The van der Waals surface area contributed by atoms with Gasteiger partial charge in [0.1, 0.15) is 5.82 Å². The summed E-state index contributed by atoms with van der Waals surface area (Å²) in [5.74, 6) is -0.534. The molecule has 0 spiro atoms. The first-order chi connectivity index (χ1) is 13.1. The number of nitrogens with zero attached hydrogens (tertiary/aromatic N) is 2. The van der Waals surface area contributed by atoms with Crippen LogP contribution in [0, 0.1) is 5.82 Å². The van der Waals surface area contributed by atoms with Gasteiger partial charge in [0.2, 0.25) is 5.56 Å². The summed E-state index contributed by atoms with van der Waals surface area (Å²) < 4.78 is 13.5. The summed E-state index contributed by atoms with van der Waals surface area (Å²) in [6.07, 6.45) is 6.64. The molecule has 0 aliphatic carbocycles. The number of likely N-dealkylation sites (tertiary alicyclic amines) is 2. The third kappa shape index (κ3) is 3.90. The fourth-order valence-corrected chi connectivity index (χ4v) is 4.47. The van der Waals surface area contributed by atoms with Crippen LogP contribution in [0.2, 0.25) is 0 Å². The first kappa shape index (κ1) is 18.2. The molecular formula is C21H26FN3O2. The van der Waals surface area contributed by atoms with Gasteiger partial charge in [0.15, 0.2) is 0 Å². The van der Waals surface area contributed by atoms with E-state index >= 15 is 0 Å². The minimum Gasteiger partial charge on any atom is -0.336 e. The van der Waals surface area contributed by atoms with Gasteiger partial charge in [-0.3, -0.25) is 9.59 Å². The number of aromatic amines is 1. The molecule has 5 nitrogen and oxygen atoms in total. The predicted molar refractivity (Wildman–Crippen MR) is 103 cm³/mol. The Hall–Kier alpha value is -2.21. The van der Waals surface area contributed by atoms with Crippen molar-refractivity contribution in [1.82, 2.24) is 14.8 Å². The summed E-state index contributed by atoms with van der Waals surface area (Å²) in [6.45, 7) is 4.06. The molecule has 0 unspecified atom stereocenters. The van der Waals surface area contributed by atoms with Gasteiger partial charge in [0.25, 0.3) is 5.91 Å². The maximum atomic E-state index is 13.5. The summed E-state index contributed by atoms with van der Waals surface area (Å²) in [5, 5.41) is 0.602. The van der Waals surface area contributed by atoms with Crippen molar-refractivity contribution in [3.63, 3.8) is 0 Å². The quantitative estimate of drug-likeness (QED) is 0.898. The van der Waals surface area contributed by atoms with E-state index in [1.807, 2.05) is 4.90 Å². The highest BCUT2D eigenvalue weighted by Gasteiger charge is 2.29. The van der Waals surface area contributed by atoms with E-state index in [9.17, 15) is 14.0 Å². The van der Waals surface area contributed by atoms with Gasteiger partial charge >= 0.3 is 0 Å². The van der Waals surface area contributed by atoms with E-state index in [2.05, 4.69) is 9.88 Å². The van der Waals surface area contributed by atoms with Crippen LogP contribution in [-0.2, 0) is 0 Å². The average Bonchev–Trinajstić information content (AvgIpc) is 3.18. The second kappa shape index (κ2) is 7.80. The molecule has 2 aromatic rings. The molecule has 6 heteroatoms. The molecule has 2 aliphatic heterocycles. The third-order valence-corrected chi connectivity index (χ3v) is 5.90. The van der Waals surface area contributed by atoms with Gasteiger partial charge in [-0.05, 0) is 69.8 Å². The number of aromatic nitrogens is 1. The largest absolute Gasteiger partial charge is 0.336 e. The lowest BCUT2D eigenvalue weighted by Gasteiger charge is -2.37. The molecule has 1 aromatic carbocycles. The molecule has 1 aromatic heterocycles. The van der Waals surface area contributed by atoms with Gasteiger partial charge in [-0.25, -0.2) is 4.39 Å². The molecule has 0 radical (unpaired) electrons. The third-order valence-electron chi connectivity index (χ3n) is 5.90. The Kier molecular flexibility index (Phi) is 5.25. The highest BCUT2D eigenvalue weighted by atomic mass is 19.1. The van der Waals surface area contributed by atoms with Gasteiger partial charge in [-0.1, -0.05) is 0 Å². The Morgan fingerprint density at radius 1 is 1.11 bits per heavy atom. The summed E-state index contributed by atoms with van der Waals surface area (Å²) in [7, 11) is 0. The van der Waals surface area contributed by atoms with E-state index in [4.69, 9.17) is 0 Å². The van der Waals surface area contributed by atoms with Crippen molar-refractivity contribution >= 4 is 16.8 Å². The summed E-state index contributed by atoms with van der Waals surface area (Å²) in [6, 6.07) is 5.75. The van der Waals surface area contributed by atoms with E-state index in [-0.39, 0.29) is 17.5 Å². The van der Waals surface area contributed by atoms with Gasteiger partial charge in [-0.2, -0.15) is 0 Å². The Morgan fingerprint density at radius 2 is 1.89 bits per heavy atom. The lowest BCUT2D eigenvalue weighted by atomic mass is 9.97. The fourth-order valence-electron chi connectivity index (χ4n) is 4.47. The second-order valence-corrected chi connectivity index (χ2v) is 7.72. The average molecular weight is 371 g/mol. The van der Waals surface area contributed by atoms with Crippen molar-refractivity contribution in [2.24, 2.45) is 0 Å². The van der Waals surface area contributed by atoms with E-state index in [0.717, 1.165) is 51.9 Å². The Labute approximate surface area is 158 Å². The number of amides is 1. The zero-order valence-corrected chi connectivity index (χ0v) is 15.5. The summed E-state index contributed by atoms with van der Waals surface area (Å²) >= 11 is 0. The highest BCUT2D eigenvalue weighted by molar-refractivity contribution is 6.06. The minimum atomic E-state index is -0.427. The van der Waals surface area contributed by atoms with Gasteiger partial charge in [0, 0.05) is 30.6 Å². The maximum Gasteiger partial charge on any atom is 0.254 e. The number of hydrogen-bond acceptors (Lipinski definition) is 3. The van der Waals surface area contributed by atoms with Crippen molar-refractivity contribution in [1.29, 1.82) is 0 Å². The fraction of sp³-hybridized carbons (Fsp3) is 0.524. The lowest BCUT2D eigenvalue weighted by Crippen LogP contribution is -2.45. The Bertz CT molecular complexity index is 889. The number of carbonyl (C=O) groups excluding carboxylic acids is 1. The number of nitrogens with one attached hydrogen (secondary N) is 1. The van der Waals surface area contributed by atoms with Crippen LogP contribution in [0.3, 0.4) is 0 Å². The number of rotatable bonds is 4. The molecule has 1 N–H and O–H groups in total. The molecule has 144 valence electrons. The molecule has 2 saturated heterocycles. The number of benzene rings is 1. The van der Waals surface area contributed by atoms with E-state index in [0.29, 0.717) is 16.5 Å². The maximum absolute atomic E-state index is 13.5. The molecule has 0 bridgehead atoms. The summed E-state index contributed by atoms with van der Waals surface area (Å²) in [5.41, 5.74) is 0.375. The number of carbonyl (C=O) groups is 1. The lowest BCUT2D eigenvalue weighted by molar-refractivity contribution is 0.0589. The first-order valence-electron chi connectivity index (χ1n) is 9.98. The molecule has 2 fully saturated rings. The number of hydrogen-bond donors (Lipinski definition) is 1. The van der Waals surface area contributed by atoms with E-state index in [1.54, 1.807) is 6.07 Å². The number of H-pyrrole nitrogens is 1. The molecular weight excluding hydrogens is 345 g/mol. The first-order valence-corrected chi connectivity index (χ1v) is 9.98. The predicted octanol–water partition coefficient (Wildman–Crippen LogP) is 3.15. The van der Waals surface area contributed by atoms with Crippen LogP contribution in [0.25, 0.3) is 10.9 Å². The van der Waals surface area contributed by atoms with Gasteiger partial charge in [-0.15, -0.1) is 0 Å². The second-order valence-electron chi connectivity index (χ2n) is 7.72. The van der Waals surface area contributed by atoms with E-state index < -0.39 is 5.82 Å². The smallest absolute Gasteiger partial charge is 0.254 e. The molecule has 2 aliphatic rings. The number of fused-ring (bicyclic) bond motifs is 1. The van der Waals surface area contributed by atoms with Crippen LogP contribution < -0.4 is 5.56 Å². The van der Waals surface area contributed by atoms with Gasteiger partial charge in [0.05, 0.1) is 11.1 Å². The molecule has 4 rings (SSSR count). The molecule has 3 heterocycles. The van der Waals surface area contributed by atoms with Crippen LogP contribution in [0.5, 0.6) is 0 Å². The Balaban J connectivity index is 1.59. The van der Waals surface area contributed by atoms with E-state index in [1.165, 1.54) is 31.0 Å². The van der Waals surface area contributed by atoms with Crippen LogP contribution >= 0.6 is 0 Å². The number of pyridine rings is 1. The number of piperidine rings is 1. The van der Waals surface area contributed by atoms with Crippen molar-refractivity contribution in [2.75, 3.05) is 26.2 Å². The van der Waals surface area contributed by atoms with Crippen molar-refractivity contribution in [2.45, 2.75) is 44.6 Å². The Morgan fingerprint density at radius 3 is 2.70 bits per heavy atom. The molecule has 27 heavy (non-hydrogen) atoms. The van der Waals surface area contributed by atoms with Crippen LogP contribution in [0.4, 0.5) is 4.39 Å². The molecule has 1 amide bonds. The normalized spacial score (nSPS) is 21.1. The van der Waals surface area contributed by atoms with Gasteiger partial charge < -0.3 is 14.8 Å². The van der Waals surface area contributed by atoms with Crippen LogP contribution in [-0.4, -0.2) is 52.9 Å². The van der Waals surface area contributed by atoms with Crippen LogP contribution in [0.15, 0.2) is 29.1 Å². The van der Waals surface area contributed by atoms with Crippen molar-refractivity contribution in [3.8, 4) is 0 Å². The van der Waals surface area contributed by atoms with Crippen molar-refractivity contribution < 1.29 is 9.18 Å². The summed E-state index contributed by atoms with van der Waals surface area (Å²) in [4.78, 5) is 32.4. The standard InChI is InChI=1S/C21H26FN3O2/c22-15-6-7-17-18(14-20(26)23-19(17)13-15)21(27)25-11-2-1-5-16(25)8-12-24-9-3-4-10-24/h6-7,13-14,16H,1-5,8-12H2,(H,23,26)/t16-/m1/s1. The highest BCUT2D eigenvalue weighted by Crippen LogP contribution is 2.25. The SMILES string of the molecule is O=C(c1cc(=O)[nH]c2cc(F)ccc12)N1CCCC[C@@H]1CCN1CCCC1. The molecule has 1 atom stereocenters. The monoisotopic (exact) mass is 371 g/mol. The van der Waals surface area contributed by atoms with Crippen LogP contribution in [0.1, 0.15) is 48.9 Å². The zero-order valence-electron chi connectivity index (χ0n) is 15.5. The topological polar surface area (TPSA) is 56.4 Å². The minimum absolute atomic E-state index is 0.108. The van der Waals surface area contributed by atoms with Crippen molar-refractivity contribution in [3.05, 3.63) is 46.0 Å². The molecule has 0 saturated carbocycles. The zero-order chi connectivity index (χ0) is 18.8. The number of halogens is 1.